The zero-order valence-electron chi connectivity index (χ0n) is 13.7. The molecule has 0 saturated heterocycles. The second-order valence-electron chi connectivity index (χ2n) is 5.13. The quantitative estimate of drug-likeness (QED) is 0.615. The average Bonchev–Trinajstić information content (AvgIpc) is 2.52. The van der Waals surface area contributed by atoms with Gasteiger partial charge in [0.2, 0.25) is 11.7 Å². The van der Waals surface area contributed by atoms with Gasteiger partial charge in [-0.25, -0.2) is 9.36 Å². The molecule has 0 aliphatic carbocycles. The van der Waals surface area contributed by atoms with Gasteiger partial charge in [-0.2, -0.15) is 4.39 Å². The third-order valence-corrected chi connectivity index (χ3v) is 3.06. The summed E-state index contributed by atoms with van der Waals surface area (Å²) in [6, 6.07) is 3.92. The van der Waals surface area contributed by atoms with Crippen LogP contribution in [0.4, 0.5) is 4.39 Å². The molecule has 0 saturated carbocycles. The van der Waals surface area contributed by atoms with Crippen molar-refractivity contribution in [1.29, 1.82) is 0 Å². The SMILES string of the molecule is CC(=O)Oc1ccc(OC(C)=O)c(CC(=O)n2cc(F)c(=O)[nH]c2=O)c1. The van der Waals surface area contributed by atoms with Gasteiger partial charge in [0, 0.05) is 19.4 Å². The standard InChI is InChI=1S/C16H13FN2O7/c1-8(20)25-11-3-4-13(26-9(2)21)10(5-11)6-14(22)19-7-12(17)15(23)18-16(19)24/h3-5,7H,6H2,1-2H3,(H,18,23,24). The van der Waals surface area contributed by atoms with Gasteiger partial charge in [0.1, 0.15) is 11.5 Å². The topological polar surface area (TPSA) is 125 Å². The minimum atomic E-state index is -1.31. The number of hydrogen-bond donors (Lipinski definition) is 1. The smallest absolute Gasteiger partial charge is 0.335 e. The first-order valence-electron chi connectivity index (χ1n) is 7.22. The molecule has 2 aromatic rings. The second kappa shape index (κ2) is 7.55. The zero-order chi connectivity index (χ0) is 19.4. The van der Waals surface area contributed by atoms with Gasteiger partial charge >= 0.3 is 17.6 Å². The van der Waals surface area contributed by atoms with Gasteiger partial charge in [-0.3, -0.25) is 24.2 Å². The second-order valence-corrected chi connectivity index (χ2v) is 5.13. The van der Waals surface area contributed by atoms with E-state index in [1.165, 1.54) is 25.1 Å². The minimum absolute atomic E-state index is 0.000280. The lowest BCUT2D eigenvalue weighted by molar-refractivity contribution is -0.133. The van der Waals surface area contributed by atoms with Crippen LogP contribution in [0.1, 0.15) is 24.2 Å². The van der Waals surface area contributed by atoms with Crippen LogP contribution >= 0.6 is 0 Å². The molecule has 0 radical (unpaired) electrons. The molecule has 0 fully saturated rings. The van der Waals surface area contributed by atoms with Crippen molar-refractivity contribution in [2.45, 2.75) is 20.3 Å². The predicted molar refractivity (Wildman–Crippen MR) is 84.7 cm³/mol. The number of nitrogens with zero attached hydrogens (tertiary/aromatic N) is 1. The molecule has 0 aliphatic rings. The molecule has 10 heteroatoms. The highest BCUT2D eigenvalue weighted by molar-refractivity contribution is 5.82. The van der Waals surface area contributed by atoms with Crippen LogP contribution in [0.5, 0.6) is 11.5 Å². The number of carbonyl (C=O) groups excluding carboxylic acids is 3. The number of carbonyl (C=O) groups is 3. The van der Waals surface area contributed by atoms with Gasteiger partial charge < -0.3 is 9.47 Å². The van der Waals surface area contributed by atoms with E-state index in [4.69, 9.17) is 9.47 Å². The van der Waals surface area contributed by atoms with Crippen LogP contribution in [0.15, 0.2) is 34.0 Å². The summed E-state index contributed by atoms with van der Waals surface area (Å²) in [6.45, 7) is 2.32. The van der Waals surface area contributed by atoms with Crippen molar-refractivity contribution in [1.82, 2.24) is 9.55 Å². The van der Waals surface area contributed by atoms with Crippen LogP contribution in [0.2, 0.25) is 0 Å². The van der Waals surface area contributed by atoms with Gasteiger partial charge in [0.25, 0.3) is 5.56 Å². The van der Waals surface area contributed by atoms with Gasteiger partial charge in [0.15, 0.2) is 0 Å². The largest absolute Gasteiger partial charge is 0.427 e. The Morgan fingerprint density at radius 2 is 1.77 bits per heavy atom. The third-order valence-electron chi connectivity index (χ3n) is 3.06. The van der Waals surface area contributed by atoms with E-state index >= 15 is 0 Å². The normalized spacial score (nSPS) is 10.3. The first-order chi connectivity index (χ1) is 12.2. The molecule has 9 nitrogen and oxygen atoms in total. The zero-order valence-corrected chi connectivity index (χ0v) is 13.7. The number of aromatic amines is 1. The fraction of sp³-hybridized carbons (Fsp3) is 0.188. The Balaban J connectivity index is 2.42. The summed E-state index contributed by atoms with van der Waals surface area (Å²) < 4.78 is 23.6. The maximum Gasteiger partial charge on any atom is 0.335 e. The highest BCUT2D eigenvalue weighted by Gasteiger charge is 2.17. The predicted octanol–water partition coefficient (Wildman–Crippen LogP) is 0.409. The number of H-pyrrole nitrogens is 1. The van der Waals surface area contributed by atoms with Crippen molar-refractivity contribution in [3.63, 3.8) is 0 Å². The first-order valence-corrected chi connectivity index (χ1v) is 7.22. The molecule has 136 valence electrons. The lowest BCUT2D eigenvalue weighted by atomic mass is 10.1. The van der Waals surface area contributed by atoms with Crippen molar-refractivity contribution >= 4 is 17.8 Å². The number of esters is 2. The summed E-state index contributed by atoms with van der Waals surface area (Å²) in [5, 5.41) is 0. The summed E-state index contributed by atoms with van der Waals surface area (Å²) in [4.78, 5) is 58.9. The molecule has 0 atom stereocenters. The molecular weight excluding hydrogens is 351 g/mol. The summed E-state index contributed by atoms with van der Waals surface area (Å²) in [7, 11) is 0. The van der Waals surface area contributed by atoms with Gasteiger partial charge in [-0.05, 0) is 18.2 Å². The number of aromatic nitrogens is 2. The van der Waals surface area contributed by atoms with Crippen LogP contribution < -0.4 is 20.7 Å². The molecule has 2 rings (SSSR count). The van der Waals surface area contributed by atoms with E-state index < -0.39 is 41.3 Å². The maximum atomic E-state index is 13.3. The average molecular weight is 364 g/mol. The number of benzene rings is 1. The van der Waals surface area contributed by atoms with Crippen LogP contribution in [-0.4, -0.2) is 27.4 Å². The number of halogens is 1. The Morgan fingerprint density at radius 3 is 2.38 bits per heavy atom. The van der Waals surface area contributed by atoms with Crippen molar-refractivity contribution in [3.8, 4) is 11.5 Å². The third kappa shape index (κ3) is 4.50. The summed E-state index contributed by atoms with van der Waals surface area (Å²) in [5.41, 5.74) is -2.26. The van der Waals surface area contributed by atoms with E-state index in [0.717, 1.165) is 6.92 Å². The molecule has 0 aliphatic heterocycles. The molecule has 1 N–H and O–H groups in total. The molecule has 0 spiro atoms. The molecule has 0 amide bonds. The fourth-order valence-corrected chi connectivity index (χ4v) is 2.06. The molecule has 0 bridgehead atoms. The Hall–Kier alpha value is -3.56. The van der Waals surface area contributed by atoms with E-state index in [0.29, 0.717) is 10.8 Å². The van der Waals surface area contributed by atoms with Crippen molar-refractivity contribution in [2.24, 2.45) is 0 Å². The van der Waals surface area contributed by atoms with E-state index in [2.05, 4.69) is 0 Å². The van der Waals surface area contributed by atoms with Crippen LogP contribution in [0.25, 0.3) is 0 Å². The summed E-state index contributed by atoms with van der Waals surface area (Å²) >= 11 is 0. The van der Waals surface area contributed by atoms with Gasteiger partial charge in [-0.15, -0.1) is 0 Å². The Morgan fingerprint density at radius 1 is 1.12 bits per heavy atom. The van der Waals surface area contributed by atoms with Crippen LogP contribution in [0, 0.1) is 5.82 Å². The number of nitrogens with one attached hydrogen (secondary N) is 1. The Kier molecular flexibility index (Phi) is 5.45. The highest BCUT2D eigenvalue weighted by atomic mass is 19.1. The lowest BCUT2D eigenvalue weighted by Gasteiger charge is -2.11. The highest BCUT2D eigenvalue weighted by Crippen LogP contribution is 2.25. The Labute approximate surface area is 145 Å². The molecule has 26 heavy (non-hydrogen) atoms. The summed E-state index contributed by atoms with van der Waals surface area (Å²) in [6.07, 6.45) is -0.0337. The van der Waals surface area contributed by atoms with Crippen molar-refractivity contribution in [3.05, 3.63) is 56.6 Å². The number of rotatable bonds is 4. The van der Waals surface area contributed by atoms with Gasteiger partial charge in [0.05, 0.1) is 12.6 Å². The number of hydrogen-bond acceptors (Lipinski definition) is 7. The van der Waals surface area contributed by atoms with Crippen molar-refractivity contribution < 1.29 is 28.2 Å². The number of ether oxygens (including phenoxy) is 2. The van der Waals surface area contributed by atoms with Crippen molar-refractivity contribution in [2.75, 3.05) is 0 Å². The monoisotopic (exact) mass is 364 g/mol. The summed E-state index contributed by atoms with van der Waals surface area (Å²) in [5.74, 6) is -3.41. The molecule has 1 aromatic heterocycles. The Bertz CT molecular complexity index is 1010. The molecule has 0 unspecified atom stereocenters. The van der Waals surface area contributed by atoms with Crippen LogP contribution in [-0.2, 0) is 16.0 Å². The molecular formula is C16H13FN2O7. The van der Waals surface area contributed by atoms with Crippen LogP contribution in [0.3, 0.4) is 0 Å². The minimum Gasteiger partial charge on any atom is -0.427 e. The van der Waals surface area contributed by atoms with E-state index in [9.17, 15) is 28.4 Å². The first kappa shape index (κ1) is 18.8. The fourth-order valence-electron chi connectivity index (χ4n) is 2.06. The lowest BCUT2D eigenvalue weighted by Crippen LogP contribution is -2.35. The van der Waals surface area contributed by atoms with E-state index in [1.54, 1.807) is 4.98 Å². The van der Waals surface area contributed by atoms with E-state index in [-0.39, 0.29) is 17.1 Å². The molecule has 1 aromatic carbocycles. The molecule has 1 heterocycles. The maximum absolute atomic E-state index is 13.3. The van der Waals surface area contributed by atoms with Gasteiger partial charge in [-0.1, -0.05) is 0 Å². The van der Waals surface area contributed by atoms with E-state index in [1.807, 2.05) is 0 Å².